The number of anilines is 1. The molecule has 0 unspecified atom stereocenters. The van der Waals surface area contributed by atoms with Gasteiger partial charge >= 0.3 is 0 Å². The van der Waals surface area contributed by atoms with Crippen LogP contribution in [0.3, 0.4) is 0 Å². The van der Waals surface area contributed by atoms with Gasteiger partial charge in [0.1, 0.15) is 5.75 Å². The zero-order valence-electron chi connectivity index (χ0n) is 17.7. The number of carbonyl (C=O) groups is 1. The van der Waals surface area contributed by atoms with Gasteiger partial charge in [0, 0.05) is 11.7 Å². The maximum absolute atomic E-state index is 13.2. The van der Waals surface area contributed by atoms with Crippen molar-refractivity contribution in [1.29, 1.82) is 0 Å². The molecule has 0 N–H and O–H groups in total. The first kappa shape index (κ1) is 21.4. The lowest BCUT2D eigenvalue weighted by atomic mass is 9.93. The molecular formula is C24H27N3O3S. The minimum atomic E-state index is 0.0684. The van der Waals surface area contributed by atoms with E-state index in [1.54, 1.807) is 0 Å². The van der Waals surface area contributed by atoms with Crippen molar-refractivity contribution in [3.8, 4) is 5.75 Å². The van der Waals surface area contributed by atoms with Gasteiger partial charge in [-0.25, -0.2) is 0 Å². The van der Waals surface area contributed by atoms with Crippen LogP contribution in [0.4, 0.5) is 5.69 Å². The molecule has 4 rings (SSSR count). The smallest absolute Gasteiger partial charge is 0.277 e. The van der Waals surface area contributed by atoms with E-state index >= 15 is 0 Å². The van der Waals surface area contributed by atoms with Crippen LogP contribution >= 0.6 is 11.8 Å². The summed E-state index contributed by atoms with van der Waals surface area (Å²) in [6.45, 7) is 2.21. The lowest BCUT2D eigenvalue weighted by molar-refractivity contribution is -0.116. The molecule has 1 aromatic heterocycles. The highest BCUT2D eigenvalue weighted by molar-refractivity contribution is 7.99. The van der Waals surface area contributed by atoms with Crippen LogP contribution in [0, 0.1) is 6.92 Å². The van der Waals surface area contributed by atoms with Crippen molar-refractivity contribution in [3.05, 3.63) is 66.1 Å². The Kier molecular flexibility index (Phi) is 7.25. The summed E-state index contributed by atoms with van der Waals surface area (Å²) in [5, 5.41) is 8.48. The van der Waals surface area contributed by atoms with E-state index in [4.69, 9.17) is 9.15 Å². The number of hydrogen-bond donors (Lipinski definition) is 0. The van der Waals surface area contributed by atoms with Gasteiger partial charge in [-0.1, -0.05) is 61.4 Å². The number of benzene rings is 2. The minimum Gasteiger partial charge on any atom is -0.484 e. The second kappa shape index (κ2) is 10.5. The fourth-order valence-electron chi connectivity index (χ4n) is 3.88. The molecule has 6 nitrogen and oxygen atoms in total. The number of rotatable bonds is 8. The predicted molar refractivity (Wildman–Crippen MR) is 121 cm³/mol. The average Bonchev–Trinajstić information content (AvgIpc) is 3.26. The molecule has 0 spiro atoms. The molecular weight excluding hydrogens is 410 g/mol. The van der Waals surface area contributed by atoms with Crippen molar-refractivity contribution in [2.45, 2.75) is 56.9 Å². The normalized spacial score (nSPS) is 14.4. The SMILES string of the molecule is Cc1cccc(OCc2nnc(SCC(=O)N(c3ccccc3)C3CCCCC3)o2)c1. The summed E-state index contributed by atoms with van der Waals surface area (Å²) in [5.74, 6) is 1.47. The first-order valence-electron chi connectivity index (χ1n) is 10.7. The zero-order valence-corrected chi connectivity index (χ0v) is 18.5. The molecule has 1 aliphatic carbocycles. The van der Waals surface area contributed by atoms with Crippen LogP contribution in [0.2, 0.25) is 0 Å². The first-order valence-corrected chi connectivity index (χ1v) is 11.7. The molecule has 162 valence electrons. The molecule has 1 heterocycles. The fraction of sp³-hybridized carbons (Fsp3) is 0.375. The van der Waals surface area contributed by atoms with Gasteiger partial charge in [0.2, 0.25) is 5.91 Å². The van der Waals surface area contributed by atoms with Crippen LogP contribution in [0.5, 0.6) is 5.75 Å². The van der Waals surface area contributed by atoms with Crippen molar-refractivity contribution in [2.75, 3.05) is 10.7 Å². The summed E-state index contributed by atoms with van der Waals surface area (Å²) < 4.78 is 11.4. The number of thioether (sulfide) groups is 1. The number of carbonyl (C=O) groups excluding carboxylic acids is 1. The van der Waals surface area contributed by atoms with Gasteiger partial charge in [-0.2, -0.15) is 0 Å². The van der Waals surface area contributed by atoms with Gasteiger partial charge in [-0.3, -0.25) is 4.79 Å². The quantitative estimate of drug-likeness (QED) is 0.439. The molecule has 1 amide bonds. The van der Waals surface area contributed by atoms with E-state index in [1.807, 2.05) is 66.4 Å². The monoisotopic (exact) mass is 437 g/mol. The molecule has 1 fully saturated rings. The number of para-hydroxylation sites is 1. The van der Waals surface area contributed by atoms with Gasteiger partial charge in [0.25, 0.3) is 11.1 Å². The summed E-state index contributed by atoms with van der Waals surface area (Å²) in [6.07, 6.45) is 5.68. The largest absolute Gasteiger partial charge is 0.484 e. The molecule has 7 heteroatoms. The molecule has 0 saturated heterocycles. The van der Waals surface area contributed by atoms with Crippen molar-refractivity contribution in [1.82, 2.24) is 10.2 Å². The molecule has 0 radical (unpaired) electrons. The topological polar surface area (TPSA) is 68.5 Å². The first-order chi connectivity index (χ1) is 15.2. The molecule has 3 aromatic rings. The van der Waals surface area contributed by atoms with Gasteiger partial charge in [0.05, 0.1) is 5.75 Å². The lowest BCUT2D eigenvalue weighted by Gasteiger charge is -2.34. The van der Waals surface area contributed by atoms with Gasteiger partial charge in [-0.05, 0) is 49.6 Å². The number of nitrogens with zero attached hydrogens (tertiary/aromatic N) is 3. The summed E-state index contributed by atoms with van der Waals surface area (Å²) in [6, 6.07) is 18.0. The Morgan fingerprint density at radius 1 is 1.10 bits per heavy atom. The zero-order chi connectivity index (χ0) is 21.5. The van der Waals surface area contributed by atoms with E-state index in [-0.39, 0.29) is 24.3 Å². The molecule has 1 saturated carbocycles. The maximum atomic E-state index is 13.2. The van der Waals surface area contributed by atoms with Crippen LogP contribution in [-0.4, -0.2) is 27.9 Å². The Morgan fingerprint density at radius 3 is 2.68 bits per heavy atom. The number of aromatic nitrogens is 2. The van der Waals surface area contributed by atoms with Gasteiger partial charge in [0.15, 0.2) is 6.61 Å². The lowest BCUT2D eigenvalue weighted by Crippen LogP contribution is -2.42. The fourth-order valence-corrected chi connectivity index (χ4v) is 4.52. The highest BCUT2D eigenvalue weighted by atomic mass is 32.2. The van der Waals surface area contributed by atoms with E-state index in [1.165, 1.54) is 31.0 Å². The van der Waals surface area contributed by atoms with Crippen molar-refractivity contribution in [2.24, 2.45) is 0 Å². The Balaban J connectivity index is 1.35. The van der Waals surface area contributed by atoms with E-state index in [0.29, 0.717) is 11.1 Å². The number of amides is 1. The Morgan fingerprint density at radius 2 is 1.90 bits per heavy atom. The highest BCUT2D eigenvalue weighted by Crippen LogP contribution is 2.29. The van der Waals surface area contributed by atoms with E-state index in [9.17, 15) is 4.79 Å². The maximum Gasteiger partial charge on any atom is 0.277 e. The van der Waals surface area contributed by atoms with Crippen molar-refractivity contribution < 1.29 is 13.9 Å². The third-order valence-electron chi connectivity index (χ3n) is 5.36. The molecule has 0 atom stereocenters. The third kappa shape index (κ3) is 5.88. The Hall–Kier alpha value is -2.80. The van der Waals surface area contributed by atoms with Crippen molar-refractivity contribution >= 4 is 23.4 Å². The number of aryl methyl sites for hydroxylation is 1. The van der Waals surface area contributed by atoms with Gasteiger partial charge < -0.3 is 14.1 Å². The summed E-state index contributed by atoms with van der Waals surface area (Å²) in [7, 11) is 0. The van der Waals surface area contributed by atoms with Crippen LogP contribution in [0.25, 0.3) is 0 Å². The second-order valence-corrected chi connectivity index (χ2v) is 8.67. The van der Waals surface area contributed by atoms with Crippen LogP contribution in [0.15, 0.2) is 64.2 Å². The van der Waals surface area contributed by atoms with Gasteiger partial charge in [-0.15, -0.1) is 10.2 Å². The van der Waals surface area contributed by atoms with Crippen LogP contribution in [0.1, 0.15) is 43.6 Å². The average molecular weight is 438 g/mol. The van der Waals surface area contributed by atoms with E-state index in [2.05, 4.69) is 10.2 Å². The summed E-state index contributed by atoms with van der Waals surface area (Å²) in [5.41, 5.74) is 2.08. The third-order valence-corrected chi connectivity index (χ3v) is 6.17. The highest BCUT2D eigenvalue weighted by Gasteiger charge is 2.27. The van der Waals surface area contributed by atoms with Crippen molar-refractivity contribution in [3.63, 3.8) is 0 Å². The van der Waals surface area contributed by atoms with Crippen LogP contribution in [-0.2, 0) is 11.4 Å². The number of ether oxygens (including phenoxy) is 1. The second-order valence-electron chi connectivity index (χ2n) is 7.75. The molecule has 2 aromatic carbocycles. The predicted octanol–water partition coefficient (Wildman–Crippen LogP) is 5.42. The summed E-state index contributed by atoms with van der Waals surface area (Å²) in [4.78, 5) is 15.1. The standard InChI is InChI=1S/C24H27N3O3S/c1-18-9-8-14-21(15-18)29-16-22-25-26-24(30-22)31-17-23(28)27(19-10-4-2-5-11-19)20-12-6-3-7-13-20/h2,4-5,8-11,14-15,20H,3,6-7,12-13,16-17H2,1H3. The molecule has 0 aliphatic heterocycles. The summed E-state index contributed by atoms with van der Waals surface area (Å²) >= 11 is 1.27. The Labute approximate surface area is 187 Å². The minimum absolute atomic E-state index is 0.0684. The van der Waals surface area contributed by atoms with E-state index < -0.39 is 0 Å². The molecule has 0 bridgehead atoms. The van der Waals surface area contributed by atoms with Crippen LogP contribution < -0.4 is 9.64 Å². The molecule has 31 heavy (non-hydrogen) atoms. The Bertz CT molecular complexity index is 986. The molecule has 1 aliphatic rings. The van der Waals surface area contributed by atoms with E-state index in [0.717, 1.165) is 29.8 Å². The number of hydrogen-bond acceptors (Lipinski definition) is 6.